The first kappa shape index (κ1) is 20.3. The van der Waals surface area contributed by atoms with Crippen LogP contribution in [0.2, 0.25) is 0 Å². The molecule has 3 rings (SSSR count). The zero-order valence-corrected chi connectivity index (χ0v) is 16.7. The maximum atomic E-state index is 12.7. The van der Waals surface area contributed by atoms with E-state index >= 15 is 0 Å². The van der Waals surface area contributed by atoms with E-state index < -0.39 is 10.0 Å². The molecular formula is C19H29N3O4S. The van der Waals surface area contributed by atoms with Crippen LogP contribution in [0.4, 0.5) is 0 Å². The highest BCUT2D eigenvalue weighted by Gasteiger charge is 2.23. The van der Waals surface area contributed by atoms with Crippen molar-refractivity contribution in [2.45, 2.75) is 24.7 Å². The smallest absolute Gasteiger partial charge is 0.253 e. The Morgan fingerprint density at radius 2 is 1.89 bits per heavy atom. The maximum Gasteiger partial charge on any atom is 0.253 e. The van der Waals surface area contributed by atoms with Gasteiger partial charge in [0.2, 0.25) is 10.0 Å². The molecule has 2 aliphatic heterocycles. The van der Waals surface area contributed by atoms with Crippen molar-refractivity contribution >= 4 is 15.9 Å². The maximum absolute atomic E-state index is 12.7. The van der Waals surface area contributed by atoms with Crippen molar-refractivity contribution in [2.24, 2.45) is 5.92 Å². The number of carbonyl (C=O) groups excluding carboxylic acids is 1. The van der Waals surface area contributed by atoms with Crippen LogP contribution in [0.5, 0.6) is 0 Å². The predicted molar refractivity (Wildman–Crippen MR) is 103 cm³/mol. The van der Waals surface area contributed by atoms with E-state index in [1.165, 1.54) is 12.1 Å². The van der Waals surface area contributed by atoms with E-state index in [9.17, 15) is 13.2 Å². The molecule has 8 heteroatoms. The van der Waals surface area contributed by atoms with E-state index in [2.05, 4.69) is 16.5 Å². The van der Waals surface area contributed by atoms with Crippen LogP contribution in [0, 0.1) is 5.92 Å². The molecule has 0 spiro atoms. The summed E-state index contributed by atoms with van der Waals surface area (Å²) in [7, 11) is -3.64. The second kappa shape index (κ2) is 9.14. The molecule has 1 amide bonds. The van der Waals surface area contributed by atoms with Crippen molar-refractivity contribution in [3.05, 3.63) is 29.8 Å². The lowest BCUT2D eigenvalue weighted by atomic mass is 9.98. The minimum atomic E-state index is -3.64. The molecule has 0 atom stereocenters. The van der Waals surface area contributed by atoms with E-state index in [0.717, 1.165) is 39.0 Å². The second-order valence-electron chi connectivity index (χ2n) is 7.35. The third-order valence-corrected chi connectivity index (χ3v) is 6.74. The van der Waals surface area contributed by atoms with Crippen molar-refractivity contribution in [3.8, 4) is 0 Å². The summed E-state index contributed by atoms with van der Waals surface area (Å²) in [6.45, 7) is 7.65. The Morgan fingerprint density at radius 1 is 1.19 bits per heavy atom. The fraction of sp³-hybridized carbons (Fsp3) is 0.632. The molecular weight excluding hydrogens is 366 g/mol. The summed E-state index contributed by atoms with van der Waals surface area (Å²) in [6.07, 6.45) is 1.99. The quantitative estimate of drug-likeness (QED) is 0.782. The Hall–Kier alpha value is -1.48. The Labute approximate surface area is 161 Å². The summed E-state index contributed by atoms with van der Waals surface area (Å²) in [4.78, 5) is 16.8. The number of sulfonamides is 1. The highest BCUT2D eigenvalue weighted by molar-refractivity contribution is 7.89. The molecule has 2 fully saturated rings. The lowest BCUT2D eigenvalue weighted by Gasteiger charge is -2.30. The molecule has 0 saturated carbocycles. The SMILES string of the molecule is CC1CCN(C(=O)c2cccc(S(=O)(=O)NCCN3CCOCC3)c2)CC1. The number of carbonyl (C=O) groups is 1. The van der Waals surface area contributed by atoms with Gasteiger partial charge >= 0.3 is 0 Å². The van der Waals surface area contributed by atoms with Crippen LogP contribution in [-0.2, 0) is 14.8 Å². The summed E-state index contributed by atoms with van der Waals surface area (Å²) in [5.74, 6) is 0.545. The zero-order chi connectivity index (χ0) is 19.3. The second-order valence-corrected chi connectivity index (χ2v) is 9.12. The average molecular weight is 396 g/mol. The van der Waals surface area contributed by atoms with Gasteiger partial charge in [-0.1, -0.05) is 13.0 Å². The van der Waals surface area contributed by atoms with Gasteiger partial charge < -0.3 is 9.64 Å². The van der Waals surface area contributed by atoms with Crippen molar-refractivity contribution in [1.82, 2.24) is 14.5 Å². The number of ether oxygens (including phenoxy) is 1. The van der Waals surface area contributed by atoms with Gasteiger partial charge in [0.25, 0.3) is 5.91 Å². The molecule has 150 valence electrons. The van der Waals surface area contributed by atoms with Crippen LogP contribution in [0.3, 0.4) is 0 Å². The number of hydrogen-bond donors (Lipinski definition) is 1. The number of morpholine rings is 1. The highest BCUT2D eigenvalue weighted by atomic mass is 32.2. The summed E-state index contributed by atoms with van der Waals surface area (Å²) < 4.78 is 33.1. The fourth-order valence-electron chi connectivity index (χ4n) is 3.44. The van der Waals surface area contributed by atoms with Crippen LogP contribution in [-0.4, -0.2) is 76.6 Å². The normalized spacial score (nSPS) is 20.0. The number of hydrogen-bond acceptors (Lipinski definition) is 5. The number of piperidine rings is 1. The van der Waals surface area contributed by atoms with Gasteiger partial charge in [0.15, 0.2) is 0 Å². The first-order valence-electron chi connectivity index (χ1n) is 9.65. The van der Waals surface area contributed by atoms with E-state index in [4.69, 9.17) is 4.74 Å². The van der Waals surface area contributed by atoms with Crippen LogP contribution >= 0.6 is 0 Å². The van der Waals surface area contributed by atoms with Gasteiger partial charge in [-0.05, 0) is 37.0 Å². The minimum absolute atomic E-state index is 0.0905. The van der Waals surface area contributed by atoms with Gasteiger partial charge in [0.1, 0.15) is 0 Å². The molecule has 0 aromatic heterocycles. The Morgan fingerprint density at radius 3 is 2.59 bits per heavy atom. The molecule has 0 unspecified atom stereocenters. The minimum Gasteiger partial charge on any atom is -0.379 e. The first-order valence-corrected chi connectivity index (χ1v) is 11.1. The third-order valence-electron chi connectivity index (χ3n) is 5.29. The molecule has 2 saturated heterocycles. The number of nitrogens with one attached hydrogen (secondary N) is 1. The standard InChI is InChI=1S/C19H29N3O4S/c1-16-5-8-22(9-6-16)19(23)17-3-2-4-18(15-17)27(24,25)20-7-10-21-11-13-26-14-12-21/h2-4,15-16,20H,5-14H2,1H3. The van der Waals surface area contributed by atoms with Crippen molar-refractivity contribution < 1.29 is 17.9 Å². The number of likely N-dealkylation sites (tertiary alicyclic amines) is 1. The summed E-state index contributed by atoms with van der Waals surface area (Å²) >= 11 is 0. The predicted octanol–water partition coefficient (Wildman–Crippen LogP) is 1.17. The van der Waals surface area contributed by atoms with E-state index in [1.807, 2.05) is 4.90 Å². The van der Waals surface area contributed by atoms with Gasteiger partial charge in [-0.3, -0.25) is 9.69 Å². The Kier molecular flexibility index (Phi) is 6.86. The monoisotopic (exact) mass is 395 g/mol. The molecule has 2 aliphatic rings. The Bertz CT molecular complexity index is 739. The lowest BCUT2D eigenvalue weighted by Crippen LogP contribution is -2.41. The van der Waals surface area contributed by atoms with Crippen molar-refractivity contribution in [2.75, 3.05) is 52.5 Å². The average Bonchev–Trinajstić information content (AvgIpc) is 2.69. The number of nitrogens with zero attached hydrogens (tertiary/aromatic N) is 2. The van der Waals surface area contributed by atoms with Gasteiger partial charge in [0, 0.05) is 44.8 Å². The first-order chi connectivity index (χ1) is 13.0. The lowest BCUT2D eigenvalue weighted by molar-refractivity contribution is 0.0390. The molecule has 1 aromatic rings. The molecule has 0 bridgehead atoms. The molecule has 1 N–H and O–H groups in total. The van der Waals surface area contributed by atoms with Crippen LogP contribution in [0.1, 0.15) is 30.1 Å². The zero-order valence-electron chi connectivity index (χ0n) is 15.9. The summed E-state index contributed by atoms with van der Waals surface area (Å²) in [6, 6.07) is 6.34. The van der Waals surface area contributed by atoms with E-state index in [0.29, 0.717) is 37.8 Å². The fourth-order valence-corrected chi connectivity index (χ4v) is 4.50. The molecule has 27 heavy (non-hydrogen) atoms. The number of rotatable bonds is 6. The summed E-state index contributed by atoms with van der Waals surface area (Å²) in [5.41, 5.74) is 0.431. The van der Waals surface area contributed by atoms with Gasteiger partial charge in [-0.15, -0.1) is 0 Å². The molecule has 1 aromatic carbocycles. The van der Waals surface area contributed by atoms with Gasteiger partial charge in [-0.2, -0.15) is 0 Å². The van der Waals surface area contributed by atoms with Gasteiger partial charge in [-0.25, -0.2) is 13.1 Å². The van der Waals surface area contributed by atoms with Crippen molar-refractivity contribution in [1.29, 1.82) is 0 Å². The third kappa shape index (κ3) is 5.51. The van der Waals surface area contributed by atoms with Gasteiger partial charge in [0.05, 0.1) is 18.1 Å². The van der Waals surface area contributed by atoms with Crippen molar-refractivity contribution in [3.63, 3.8) is 0 Å². The Balaban J connectivity index is 1.60. The largest absolute Gasteiger partial charge is 0.379 e. The van der Waals surface area contributed by atoms with Crippen LogP contribution in [0.25, 0.3) is 0 Å². The molecule has 0 radical (unpaired) electrons. The molecule has 2 heterocycles. The highest BCUT2D eigenvalue weighted by Crippen LogP contribution is 2.19. The van der Waals surface area contributed by atoms with E-state index in [1.54, 1.807) is 12.1 Å². The summed E-state index contributed by atoms with van der Waals surface area (Å²) in [5, 5.41) is 0. The number of benzene rings is 1. The topological polar surface area (TPSA) is 79.0 Å². The van der Waals surface area contributed by atoms with E-state index in [-0.39, 0.29) is 10.8 Å². The van der Waals surface area contributed by atoms with Crippen LogP contribution < -0.4 is 4.72 Å². The number of amides is 1. The molecule has 0 aliphatic carbocycles. The van der Waals surface area contributed by atoms with Crippen LogP contribution in [0.15, 0.2) is 29.2 Å². The molecule has 7 nitrogen and oxygen atoms in total.